The second kappa shape index (κ2) is 12.7. The first-order chi connectivity index (χ1) is 18.1. The van der Waals surface area contributed by atoms with E-state index in [0.29, 0.717) is 5.56 Å². The van der Waals surface area contributed by atoms with Crippen LogP contribution < -0.4 is 11.1 Å². The summed E-state index contributed by atoms with van der Waals surface area (Å²) in [6.45, 7) is 14.4. The van der Waals surface area contributed by atoms with Gasteiger partial charge >= 0.3 is 0 Å². The first kappa shape index (κ1) is 28.1. The van der Waals surface area contributed by atoms with E-state index in [-0.39, 0.29) is 5.91 Å². The molecule has 0 radical (unpaired) electrons. The summed E-state index contributed by atoms with van der Waals surface area (Å²) in [6, 6.07) is 15.6. The van der Waals surface area contributed by atoms with Crippen LogP contribution in [0.4, 0.5) is 0 Å². The number of oxime groups is 1. The van der Waals surface area contributed by atoms with Crippen LogP contribution in [0.5, 0.6) is 0 Å². The van der Waals surface area contributed by atoms with Crippen molar-refractivity contribution in [3.63, 3.8) is 0 Å². The predicted octanol–water partition coefficient (Wildman–Crippen LogP) is 6.18. The molecule has 4 rings (SSSR count). The van der Waals surface area contributed by atoms with Gasteiger partial charge in [-0.2, -0.15) is 0 Å². The van der Waals surface area contributed by atoms with Gasteiger partial charge in [0.15, 0.2) is 5.76 Å². The van der Waals surface area contributed by atoms with E-state index in [2.05, 4.69) is 56.3 Å². The standard InChI is InChI=1S/C21H24N4O.C9H12N2O/c1-7-19-22-14(6)20(24-19)15-8-9-17-16(10-15)11-18(23-17)21(12(2)3)26-25-13(4)5;1-11-6-7-2-4-8(5-3-7)9(10)12/h7-11,23H,1H2,2-6H3,(H,22,24);2-5,11H,6H2,1H3,(H2,10,12). The number of aromatic nitrogens is 3. The Labute approximate surface area is 223 Å². The number of hydrogen-bond donors (Lipinski definition) is 4. The third-order valence-electron chi connectivity index (χ3n) is 5.63. The van der Waals surface area contributed by atoms with Crippen molar-refractivity contribution in [3.05, 3.63) is 89.0 Å². The molecule has 0 atom stereocenters. The molecule has 0 aliphatic heterocycles. The molecule has 2 heterocycles. The second-order valence-electron chi connectivity index (χ2n) is 9.34. The largest absolute Gasteiger partial charge is 0.366 e. The van der Waals surface area contributed by atoms with Crippen LogP contribution in [0.25, 0.3) is 34.0 Å². The third kappa shape index (κ3) is 7.08. The van der Waals surface area contributed by atoms with Gasteiger partial charge in [0, 0.05) is 34.3 Å². The molecule has 0 saturated heterocycles. The highest BCUT2D eigenvalue weighted by molar-refractivity contribution is 5.92. The number of amides is 1. The van der Waals surface area contributed by atoms with Gasteiger partial charge in [0.25, 0.3) is 0 Å². The zero-order chi connectivity index (χ0) is 27.8. The predicted molar refractivity (Wildman–Crippen MR) is 157 cm³/mol. The highest BCUT2D eigenvalue weighted by Crippen LogP contribution is 2.29. The summed E-state index contributed by atoms with van der Waals surface area (Å²) in [7, 11) is 1.88. The van der Waals surface area contributed by atoms with Gasteiger partial charge in [0.1, 0.15) is 5.82 Å². The molecule has 38 heavy (non-hydrogen) atoms. The number of primary amides is 1. The Morgan fingerprint density at radius 1 is 1.11 bits per heavy atom. The van der Waals surface area contributed by atoms with E-state index < -0.39 is 0 Å². The number of nitrogens with one attached hydrogen (secondary N) is 3. The van der Waals surface area contributed by atoms with Gasteiger partial charge < -0.3 is 25.9 Å². The maximum atomic E-state index is 10.7. The minimum Gasteiger partial charge on any atom is -0.366 e. The lowest BCUT2D eigenvalue weighted by Crippen LogP contribution is -2.11. The molecule has 0 spiro atoms. The molecule has 2 aromatic carbocycles. The molecule has 198 valence electrons. The highest BCUT2D eigenvalue weighted by atomic mass is 16.6. The Morgan fingerprint density at radius 2 is 1.82 bits per heavy atom. The molecule has 0 aliphatic carbocycles. The molecule has 0 bridgehead atoms. The van der Waals surface area contributed by atoms with Crippen LogP contribution in [0.15, 0.2) is 65.8 Å². The first-order valence-corrected chi connectivity index (χ1v) is 12.3. The second-order valence-corrected chi connectivity index (χ2v) is 9.34. The minimum absolute atomic E-state index is 0.383. The molecule has 0 unspecified atom stereocenters. The fourth-order valence-corrected chi connectivity index (χ4v) is 3.80. The number of nitrogens with zero attached hydrogens (tertiary/aromatic N) is 2. The third-order valence-corrected chi connectivity index (χ3v) is 5.63. The average Bonchev–Trinajstić information content (AvgIpc) is 3.47. The number of carbonyl (C=O) groups is 1. The zero-order valence-corrected chi connectivity index (χ0v) is 22.9. The van der Waals surface area contributed by atoms with E-state index in [9.17, 15) is 4.79 Å². The Bertz CT molecular complexity index is 1480. The molecule has 5 N–H and O–H groups in total. The Morgan fingerprint density at radius 3 is 2.37 bits per heavy atom. The fourth-order valence-electron chi connectivity index (χ4n) is 3.80. The zero-order valence-electron chi connectivity index (χ0n) is 22.9. The Hall–Kier alpha value is -4.43. The maximum absolute atomic E-state index is 10.7. The number of rotatable bonds is 8. The lowest BCUT2D eigenvalue weighted by Gasteiger charge is -2.05. The minimum atomic E-state index is -0.383. The van der Waals surface area contributed by atoms with Crippen LogP contribution >= 0.6 is 0 Å². The summed E-state index contributed by atoms with van der Waals surface area (Å²) in [5.74, 6) is 1.14. The van der Waals surface area contributed by atoms with Crippen molar-refractivity contribution >= 4 is 34.4 Å². The van der Waals surface area contributed by atoms with Crippen molar-refractivity contribution in [2.45, 2.75) is 41.2 Å². The molecule has 2 aromatic heterocycles. The molecule has 4 aromatic rings. The lowest BCUT2D eigenvalue weighted by molar-refractivity contribution is 0.100. The van der Waals surface area contributed by atoms with Crippen LogP contribution in [-0.2, 0) is 11.4 Å². The summed E-state index contributed by atoms with van der Waals surface area (Å²) in [5, 5.41) is 8.21. The normalized spacial score (nSPS) is 10.4. The SMILES string of the molecule is C=Cc1nc(-c2ccc3[nH]c(C(ON=C(C)C)=C(C)C)cc3c2)c(C)[nH]1.CNCc1ccc(C(N)=O)cc1. The molecular weight excluding hydrogens is 476 g/mol. The molecule has 0 fully saturated rings. The Kier molecular flexibility index (Phi) is 9.40. The van der Waals surface area contributed by atoms with E-state index >= 15 is 0 Å². The number of fused-ring (bicyclic) bond motifs is 1. The topological polar surface area (TPSA) is 121 Å². The molecule has 8 nitrogen and oxygen atoms in total. The monoisotopic (exact) mass is 512 g/mol. The number of nitrogens with two attached hydrogens (primary N) is 1. The fraction of sp³-hybridized carbons (Fsp3) is 0.233. The van der Waals surface area contributed by atoms with Crippen LogP contribution in [-0.4, -0.2) is 33.6 Å². The molecule has 0 aliphatic rings. The lowest BCUT2D eigenvalue weighted by atomic mass is 10.1. The number of imidazole rings is 1. The van der Waals surface area contributed by atoms with Crippen molar-refractivity contribution < 1.29 is 9.63 Å². The number of allylic oxidation sites excluding steroid dienone is 1. The number of carbonyl (C=O) groups excluding carboxylic acids is 1. The number of hydrogen-bond acceptors (Lipinski definition) is 5. The van der Waals surface area contributed by atoms with Gasteiger partial charge in [-0.1, -0.05) is 29.9 Å². The van der Waals surface area contributed by atoms with Gasteiger partial charge in [-0.15, -0.1) is 0 Å². The Balaban J connectivity index is 0.000000279. The van der Waals surface area contributed by atoms with E-state index in [0.717, 1.165) is 68.5 Å². The maximum Gasteiger partial charge on any atom is 0.248 e. The van der Waals surface area contributed by atoms with Crippen LogP contribution in [0.1, 0.15) is 60.8 Å². The summed E-state index contributed by atoms with van der Waals surface area (Å²) >= 11 is 0. The summed E-state index contributed by atoms with van der Waals surface area (Å²) in [6.07, 6.45) is 1.72. The number of H-pyrrole nitrogens is 2. The number of benzene rings is 2. The van der Waals surface area contributed by atoms with Crippen molar-refractivity contribution in [1.29, 1.82) is 0 Å². The molecule has 0 saturated carbocycles. The van der Waals surface area contributed by atoms with Gasteiger partial charge in [0.05, 0.1) is 17.1 Å². The molecular formula is C30H36N6O2. The van der Waals surface area contributed by atoms with Crippen LogP contribution in [0, 0.1) is 6.92 Å². The molecule has 8 heteroatoms. The van der Waals surface area contributed by atoms with Gasteiger partial charge in [0.2, 0.25) is 5.91 Å². The van der Waals surface area contributed by atoms with Crippen LogP contribution in [0.3, 0.4) is 0 Å². The van der Waals surface area contributed by atoms with E-state index in [1.807, 2.05) is 53.8 Å². The van der Waals surface area contributed by atoms with Gasteiger partial charge in [-0.3, -0.25) is 4.79 Å². The van der Waals surface area contributed by atoms with Crippen LogP contribution in [0.2, 0.25) is 0 Å². The van der Waals surface area contributed by atoms with E-state index in [1.165, 1.54) is 0 Å². The molecule has 1 amide bonds. The quantitative estimate of drug-likeness (QED) is 0.128. The van der Waals surface area contributed by atoms with E-state index in [4.69, 9.17) is 10.6 Å². The number of aromatic amines is 2. The van der Waals surface area contributed by atoms with Crippen molar-refractivity contribution in [1.82, 2.24) is 20.3 Å². The van der Waals surface area contributed by atoms with Gasteiger partial charge in [-0.05, 0) is 89.2 Å². The van der Waals surface area contributed by atoms with Crippen molar-refractivity contribution in [2.24, 2.45) is 10.9 Å². The number of aryl methyl sites for hydroxylation is 1. The van der Waals surface area contributed by atoms with E-state index in [1.54, 1.807) is 18.2 Å². The van der Waals surface area contributed by atoms with Crippen molar-refractivity contribution in [2.75, 3.05) is 7.05 Å². The van der Waals surface area contributed by atoms with Gasteiger partial charge in [-0.25, -0.2) is 4.98 Å². The summed E-state index contributed by atoms with van der Waals surface area (Å²) in [4.78, 5) is 27.5. The smallest absolute Gasteiger partial charge is 0.248 e. The first-order valence-electron chi connectivity index (χ1n) is 12.3. The average molecular weight is 513 g/mol. The summed E-state index contributed by atoms with van der Waals surface area (Å²) in [5.41, 5.74) is 13.7. The summed E-state index contributed by atoms with van der Waals surface area (Å²) < 4.78 is 0. The highest BCUT2D eigenvalue weighted by Gasteiger charge is 2.13. The van der Waals surface area contributed by atoms with Crippen molar-refractivity contribution in [3.8, 4) is 11.3 Å².